The SMILES string of the molecule is CCCCCCCC/C=C\CCCCCCCCN(CCCCN(CCCCCCCC/C=C/CCCCCCCC)CCCNC(=O)C(CCCNCCCN)NCCCN)CCCNC(=O)C(CCCNCCN)NCCCN. The summed E-state index contributed by atoms with van der Waals surface area (Å²) in [5, 5.41) is 20.4. The fraction of sp³-hybridized carbons (Fsp3) is 0.910. The van der Waals surface area contributed by atoms with Gasteiger partial charge in [0.25, 0.3) is 0 Å². The first-order chi connectivity index (χ1) is 40.0. The molecule has 0 radical (unpaired) electrons. The van der Waals surface area contributed by atoms with Crippen LogP contribution in [0.25, 0.3) is 0 Å². The largest absolute Gasteiger partial charge is 0.355 e. The van der Waals surface area contributed by atoms with Gasteiger partial charge in [0.1, 0.15) is 0 Å². The number of rotatable bonds is 68. The molecule has 0 rings (SSSR count). The van der Waals surface area contributed by atoms with Gasteiger partial charge in [0.05, 0.1) is 12.1 Å². The molecule has 0 fully saturated rings. The van der Waals surface area contributed by atoms with E-state index in [1.165, 1.54) is 193 Å². The maximum Gasteiger partial charge on any atom is 0.237 e. The van der Waals surface area contributed by atoms with Crippen molar-refractivity contribution in [2.75, 3.05) is 118 Å². The standard InChI is InChI=1S/C67H140N12O2/c1-3-5-7-9-11-13-15-17-19-21-23-25-27-29-31-33-58-78(62-42-55-76-66(80)64(74-53-40-47-69)44-37-50-72-52-39-46-68)60-35-36-61-79(59-34-32-30-28-26-24-22-20-18-16-14-12-10-8-6-4-2)63-43-56-77-67(81)65(75-54-41-48-70)45-38-51-73-57-49-71/h17-20,64-65,72-75H,3-16,21-63,68-71H2,1-2H3,(H,76,80)(H,77,81)/b19-17+,20-18-. The minimum atomic E-state index is -0.200. The Labute approximate surface area is 502 Å². The molecule has 0 aromatic rings. The molecule has 2 amide bonds. The molecule has 14 N–H and O–H groups in total. The Bertz CT molecular complexity index is 1330. The molecule has 0 heterocycles. The molecule has 0 aliphatic rings. The number of nitrogens with zero attached hydrogens (tertiary/aromatic N) is 2. The van der Waals surface area contributed by atoms with Crippen LogP contribution in [0, 0.1) is 0 Å². The van der Waals surface area contributed by atoms with Gasteiger partial charge < -0.3 is 64.6 Å². The minimum absolute atomic E-state index is 0.105. The number of nitrogens with two attached hydrogens (primary N) is 4. The van der Waals surface area contributed by atoms with Crippen molar-refractivity contribution in [3.63, 3.8) is 0 Å². The number of hydrogen-bond donors (Lipinski definition) is 10. The zero-order valence-corrected chi connectivity index (χ0v) is 53.8. The van der Waals surface area contributed by atoms with Crippen LogP contribution in [0.15, 0.2) is 24.3 Å². The van der Waals surface area contributed by atoms with Crippen molar-refractivity contribution in [2.45, 2.75) is 276 Å². The molecule has 0 aromatic heterocycles. The second-order valence-corrected chi connectivity index (χ2v) is 23.6. The normalized spacial score (nSPS) is 12.7. The van der Waals surface area contributed by atoms with Crippen molar-refractivity contribution >= 4 is 11.8 Å². The lowest BCUT2D eigenvalue weighted by molar-refractivity contribution is -0.124. The van der Waals surface area contributed by atoms with E-state index in [4.69, 9.17) is 22.9 Å². The second-order valence-electron chi connectivity index (χ2n) is 23.6. The predicted molar refractivity (Wildman–Crippen MR) is 354 cm³/mol. The first-order valence-electron chi connectivity index (χ1n) is 35.0. The highest BCUT2D eigenvalue weighted by Gasteiger charge is 2.19. The maximum atomic E-state index is 13.5. The van der Waals surface area contributed by atoms with E-state index in [1.807, 2.05) is 0 Å². The third-order valence-electron chi connectivity index (χ3n) is 15.8. The lowest BCUT2D eigenvalue weighted by Gasteiger charge is -2.25. The molecule has 2 atom stereocenters. The number of amides is 2. The smallest absolute Gasteiger partial charge is 0.237 e. The van der Waals surface area contributed by atoms with E-state index < -0.39 is 0 Å². The van der Waals surface area contributed by atoms with Gasteiger partial charge >= 0.3 is 0 Å². The molecular weight excluding hydrogens is 1000 g/mol. The Morgan fingerprint density at radius 2 is 0.617 bits per heavy atom. The van der Waals surface area contributed by atoms with E-state index in [-0.39, 0.29) is 23.9 Å². The number of hydrogen-bond acceptors (Lipinski definition) is 12. The van der Waals surface area contributed by atoms with Crippen LogP contribution in [-0.2, 0) is 9.59 Å². The summed E-state index contributed by atoms with van der Waals surface area (Å²) < 4.78 is 0. The van der Waals surface area contributed by atoms with Crippen LogP contribution in [0.1, 0.15) is 264 Å². The fourth-order valence-electron chi connectivity index (χ4n) is 10.6. The summed E-state index contributed by atoms with van der Waals surface area (Å²) in [7, 11) is 0. The molecular formula is C67H140N12O2. The average Bonchev–Trinajstić information content (AvgIpc) is 3.47. The molecule has 14 heteroatoms. The molecule has 14 nitrogen and oxygen atoms in total. The number of allylic oxidation sites excluding steroid dienone is 4. The summed E-state index contributed by atoms with van der Waals surface area (Å²) in [6, 6.07) is -0.393. The fourth-order valence-corrected chi connectivity index (χ4v) is 10.6. The molecule has 0 saturated heterocycles. The van der Waals surface area contributed by atoms with Crippen LogP contribution in [0.2, 0.25) is 0 Å². The zero-order chi connectivity index (χ0) is 58.8. The Balaban J connectivity index is 5.44. The van der Waals surface area contributed by atoms with Crippen molar-refractivity contribution in [1.29, 1.82) is 0 Å². The Morgan fingerprint density at radius 3 is 0.975 bits per heavy atom. The quantitative estimate of drug-likeness (QED) is 0.0203. The van der Waals surface area contributed by atoms with Crippen LogP contribution in [0.3, 0.4) is 0 Å². The molecule has 0 aliphatic heterocycles. The first kappa shape index (κ1) is 79.0. The van der Waals surface area contributed by atoms with E-state index in [1.54, 1.807) is 0 Å². The van der Waals surface area contributed by atoms with Gasteiger partial charge in [-0.2, -0.15) is 0 Å². The van der Waals surface area contributed by atoms with E-state index in [0.717, 1.165) is 136 Å². The van der Waals surface area contributed by atoms with Crippen LogP contribution in [-0.4, -0.2) is 152 Å². The monoisotopic (exact) mass is 1150 g/mol. The van der Waals surface area contributed by atoms with E-state index in [9.17, 15) is 9.59 Å². The molecule has 0 aromatic carbocycles. The van der Waals surface area contributed by atoms with Gasteiger partial charge in [0, 0.05) is 26.2 Å². The van der Waals surface area contributed by atoms with Crippen molar-refractivity contribution in [1.82, 2.24) is 41.7 Å². The highest BCUT2D eigenvalue weighted by Crippen LogP contribution is 2.14. The van der Waals surface area contributed by atoms with E-state index in [2.05, 4.69) is 79.9 Å². The molecule has 2 unspecified atom stereocenters. The molecule has 0 spiro atoms. The van der Waals surface area contributed by atoms with Gasteiger partial charge in [0.15, 0.2) is 0 Å². The molecule has 0 bridgehead atoms. The van der Waals surface area contributed by atoms with Crippen molar-refractivity contribution in [3.05, 3.63) is 24.3 Å². The van der Waals surface area contributed by atoms with Gasteiger partial charge in [-0.25, -0.2) is 0 Å². The zero-order valence-electron chi connectivity index (χ0n) is 53.8. The summed E-state index contributed by atoms with van der Waals surface area (Å²) in [6.07, 6.45) is 57.2. The Kier molecular flexibility index (Phi) is 65.5. The van der Waals surface area contributed by atoms with Gasteiger partial charge in [-0.3, -0.25) is 9.59 Å². The lowest BCUT2D eigenvalue weighted by atomic mass is 10.1. The lowest BCUT2D eigenvalue weighted by Crippen LogP contribution is -2.45. The van der Waals surface area contributed by atoms with Crippen LogP contribution in [0.5, 0.6) is 0 Å². The van der Waals surface area contributed by atoms with Crippen LogP contribution < -0.4 is 54.8 Å². The average molecular weight is 1150 g/mol. The number of unbranched alkanes of at least 4 members (excludes halogenated alkanes) is 25. The third kappa shape index (κ3) is 58.2. The van der Waals surface area contributed by atoms with Crippen LogP contribution >= 0.6 is 0 Å². The summed E-state index contributed by atoms with van der Waals surface area (Å²) >= 11 is 0. The first-order valence-corrected chi connectivity index (χ1v) is 35.0. The summed E-state index contributed by atoms with van der Waals surface area (Å²) in [6.45, 7) is 20.0. The number of carbonyl (C=O) groups is 2. The van der Waals surface area contributed by atoms with Gasteiger partial charge in [0.2, 0.25) is 11.8 Å². The molecule has 0 aliphatic carbocycles. The number of carbonyl (C=O) groups excluding carboxylic acids is 2. The Hall–Kier alpha value is -1.98. The van der Waals surface area contributed by atoms with Crippen LogP contribution in [0.4, 0.5) is 0 Å². The third-order valence-corrected chi connectivity index (χ3v) is 15.8. The van der Waals surface area contributed by atoms with Crippen molar-refractivity contribution in [2.24, 2.45) is 22.9 Å². The summed E-state index contributed by atoms with van der Waals surface area (Å²) in [5.41, 5.74) is 22.9. The maximum absolute atomic E-state index is 13.5. The Morgan fingerprint density at radius 1 is 0.321 bits per heavy atom. The highest BCUT2D eigenvalue weighted by atomic mass is 16.2. The van der Waals surface area contributed by atoms with Gasteiger partial charge in [-0.15, -0.1) is 0 Å². The topological polar surface area (TPSA) is 217 Å². The van der Waals surface area contributed by atoms with Crippen molar-refractivity contribution in [3.8, 4) is 0 Å². The molecule has 81 heavy (non-hydrogen) atoms. The molecule has 480 valence electrons. The highest BCUT2D eigenvalue weighted by molar-refractivity contribution is 5.82. The molecule has 0 saturated carbocycles. The van der Waals surface area contributed by atoms with E-state index in [0.29, 0.717) is 39.3 Å². The second kappa shape index (κ2) is 67.2. The minimum Gasteiger partial charge on any atom is -0.355 e. The predicted octanol–water partition coefficient (Wildman–Crippen LogP) is 11.1. The summed E-state index contributed by atoms with van der Waals surface area (Å²) in [4.78, 5) is 32.3. The van der Waals surface area contributed by atoms with Gasteiger partial charge in [-0.05, 0) is 226 Å². The summed E-state index contributed by atoms with van der Waals surface area (Å²) in [5.74, 6) is 0.217. The number of nitrogens with one attached hydrogen (secondary N) is 6. The van der Waals surface area contributed by atoms with Crippen molar-refractivity contribution < 1.29 is 9.59 Å². The van der Waals surface area contributed by atoms with Gasteiger partial charge in [-0.1, -0.05) is 154 Å². The van der Waals surface area contributed by atoms with E-state index >= 15 is 0 Å².